The zero-order chi connectivity index (χ0) is 14.5. The van der Waals surface area contributed by atoms with Crippen molar-refractivity contribution in [1.29, 1.82) is 0 Å². The van der Waals surface area contributed by atoms with E-state index in [-0.39, 0.29) is 5.91 Å². The number of aliphatic carboxylic acids is 1. The molecule has 0 aliphatic carbocycles. The number of thiophene rings is 1. The van der Waals surface area contributed by atoms with Gasteiger partial charge in [0.15, 0.2) is 0 Å². The molecule has 1 N–H and O–H groups in total. The quantitative estimate of drug-likeness (QED) is 0.899. The molecule has 0 aromatic carbocycles. The summed E-state index contributed by atoms with van der Waals surface area (Å²) in [6.07, 6.45) is 2.33. The van der Waals surface area contributed by atoms with Crippen LogP contribution in [0, 0.1) is 0 Å². The van der Waals surface area contributed by atoms with Crippen molar-refractivity contribution in [1.82, 2.24) is 4.90 Å². The molecule has 1 atom stereocenters. The molecular formula is C13H16ClNO3S2. The van der Waals surface area contributed by atoms with E-state index in [0.717, 1.165) is 27.8 Å². The van der Waals surface area contributed by atoms with Gasteiger partial charge < -0.3 is 10.0 Å². The van der Waals surface area contributed by atoms with Gasteiger partial charge in [-0.2, -0.15) is 0 Å². The Bertz CT molecular complexity index is 492. The number of piperidine rings is 1. The predicted molar refractivity (Wildman–Crippen MR) is 82.5 cm³/mol. The summed E-state index contributed by atoms with van der Waals surface area (Å²) in [7, 11) is 0. The SMILES string of the molecule is O=C(O)C1CCCCN1C(=O)CSCc1ccc(Cl)s1. The van der Waals surface area contributed by atoms with Gasteiger partial charge in [-0.1, -0.05) is 11.6 Å². The van der Waals surface area contributed by atoms with Crippen molar-refractivity contribution in [2.24, 2.45) is 0 Å². The van der Waals surface area contributed by atoms with E-state index in [1.165, 1.54) is 28.0 Å². The molecule has 0 saturated carbocycles. The topological polar surface area (TPSA) is 57.6 Å². The molecule has 0 bridgehead atoms. The number of likely N-dealkylation sites (tertiary alicyclic amines) is 1. The summed E-state index contributed by atoms with van der Waals surface area (Å²) in [4.78, 5) is 25.9. The number of rotatable bonds is 5. The number of nitrogens with zero attached hydrogens (tertiary/aromatic N) is 1. The molecule has 1 unspecified atom stereocenters. The van der Waals surface area contributed by atoms with Crippen LogP contribution in [0.3, 0.4) is 0 Å². The molecule has 1 aliphatic heterocycles. The Labute approximate surface area is 131 Å². The smallest absolute Gasteiger partial charge is 0.326 e. The lowest BCUT2D eigenvalue weighted by Crippen LogP contribution is -2.48. The first kappa shape index (κ1) is 15.7. The lowest BCUT2D eigenvalue weighted by molar-refractivity contribution is -0.150. The van der Waals surface area contributed by atoms with E-state index >= 15 is 0 Å². The van der Waals surface area contributed by atoms with Crippen molar-refractivity contribution < 1.29 is 14.7 Å². The lowest BCUT2D eigenvalue weighted by atomic mass is 10.0. The highest BCUT2D eigenvalue weighted by molar-refractivity contribution is 7.99. The fourth-order valence-electron chi connectivity index (χ4n) is 2.24. The summed E-state index contributed by atoms with van der Waals surface area (Å²) in [5.41, 5.74) is 0. The number of hydrogen-bond donors (Lipinski definition) is 1. The predicted octanol–water partition coefficient (Wildman–Crippen LogP) is 3.10. The number of amides is 1. The lowest BCUT2D eigenvalue weighted by Gasteiger charge is -2.32. The van der Waals surface area contributed by atoms with E-state index in [1.807, 2.05) is 12.1 Å². The third kappa shape index (κ3) is 4.14. The van der Waals surface area contributed by atoms with Crippen LogP contribution in [-0.4, -0.2) is 40.2 Å². The Morgan fingerprint density at radius 2 is 2.25 bits per heavy atom. The van der Waals surface area contributed by atoms with E-state index in [4.69, 9.17) is 16.7 Å². The number of halogens is 1. The minimum absolute atomic E-state index is 0.0789. The summed E-state index contributed by atoms with van der Waals surface area (Å²) < 4.78 is 0.744. The molecule has 2 rings (SSSR count). The van der Waals surface area contributed by atoms with Gasteiger partial charge in [-0.05, 0) is 31.4 Å². The largest absolute Gasteiger partial charge is 0.480 e. The van der Waals surface area contributed by atoms with Gasteiger partial charge in [-0.15, -0.1) is 23.1 Å². The van der Waals surface area contributed by atoms with Gasteiger partial charge in [0.2, 0.25) is 5.91 Å². The molecule has 1 saturated heterocycles. The van der Waals surface area contributed by atoms with Crippen LogP contribution in [0.15, 0.2) is 12.1 Å². The third-order valence-electron chi connectivity index (χ3n) is 3.21. The second-order valence-corrected chi connectivity index (χ2v) is 7.42. The van der Waals surface area contributed by atoms with Crippen LogP contribution >= 0.6 is 34.7 Å². The Balaban J connectivity index is 1.82. The molecule has 0 spiro atoms. The van der Waals surface area contributed by atoms with E-state index in [9.17, 15) is 9.59 Å². The first-order valence-corrected chi connectivity index (χ1v) is 8.77. The van der Waals surface area contributed by atoms with Gasteiger partial charge in [-0.3, -0.25) is 4.79 Å². The first-order valence-electron chi connectivity index (χ1n) is 6.42. The van der Waals surface area contributed by atoms with Gasteiger partial charge in [0, 0.05) is 17.2 Å². The average Bonchev–Trinajstić information content (AvgIpc) is 2.84. The average molecular weight is 334 g/mol. The fraction of sp³-hybridized carbons (Fsp3) is 0.538. The Kier molecular flexibility index (Phi) is 5.74. The summed E-state index contributed by atoms with van der Waals surface area (Å²) in [5.74, 6) is 0.0754. The van der Waals surface area contributed by atoms with Crippen molar-refractivity contribution in [2.45, 2.75) is 31.1 Å². The number of thioether (sulfide) groups is 1. The van der Waals surface area contributed by atoms with Crippen LogP contribution in [0.5, 0.6) is 0 Å². The van der Waals surface area contributed by atoms with Crippen molar-refractivity contribution in [3.8, 4) is 0 Å². The summed E-state index contributed by atoms with van der Waals surface area (Å²) >= 11 is 8.86. The first-order chi connectivity index (χ1) is 9.58. The Morgan fingerprint density at radius 3 is 2.90 bits per heavy atom. The Hall–Kier alpha value is -0.720. The second-order valence-electron chi connectivity index (χ2n) is 4.64. The summed E-state index contributed by atoms with van der Waals surface area (Å²) in [5, 5.41) is 9.15. The highest BCUT2D eigenvalue weighted by Crippen LogP contribution is 2.26. The highest BCUT2D eigenvalue weighted by atomic mass is 35.5. The zero-order valence-corrected chi connectivity index (χ0v) is 13.3. The van der Waals surface area contributed by atoms with Crippen molar-refractivity contribution >= 4 is 46.6 Å². The van der Waals surface area contributed by atoms with Crippen molar-refractivity contribution in [3.63, 3.8) is 0 Å². The van der Waals surface area contributed by atoms with Crippen LogP contribution in [0.4, 0.5) is 0 Å². The van der Waals surface area contributed by atoms with Crippen molar-refractivity contribution in [3.05, 3.63) is 21.3 Å². The number of carboxylic acid groups (broad SMARTS) is 1. The van der Waals surface area contributed by atoms with Gasteiger partial charge in [0.1, 0.15) is 6.04 Å². The molecule has 1 aliphatic rings. The van der Waals surface area contributed by atoms with Gasteiger partial charge in [-0.25, -0.2) is 4.79 Å². The van der Waals surface area contributed by atoms with E-state index in [1.54, 1.807) is 0 Å². The monoisotopic (exact) mass is 333 g/mol. The molecule has 4 nitrogen and oxygen atoms in total. The maximum atomic E-state index is 12.1. The molecule has 20 heavy (non-hydrogen) atoms. The molecular weight excluding hydrogens is 318 g/mol. The maximum Gasteiger partial charge on any atom is 0.326 e. The number of hydrogen-bond acceptors (Lipinski definition) is 4. The zero-order valence-electron chi connectivity index (χ0n) is 10.9. The molecule has 1 fully saturated rings. The van der Waals surface area contributed by atoms with Crippen LogP contribution in [0.25, 0.3) is 0 Å². The standard InChI is InChI=1S/C13H16ClNO3S2/c14-11-5-4-9(20-11)7-19-8-12(16)15-6-2-1-3-10(15)13(17)18/h4-5,10H,1-3,6-8H2,(H,17,18). The number of carbonyl (C=O) groups excluding carboxylic acids is 1. The summed E-state index contributed by atoms with van der Waals surface area (Å²) in [6, 6.07) is 3.15. The maximum absolute atomic E-state index is 12.1. The minimum atomic E-state index is -0.895. The van der Waals surface area contributed by atoms with Crippen LogP contribution < -0.4 is 0 Å². The van der Waals surface area contributed by atoms with Crippen LogP contribution in [0.1, 0.15) is 24.1 Å². The molecule has 1 aromatic heterocycles. The van der Waals surface area contributed by atoms with E-state index in [0.29, 0.717) is 18.7 Å². The molecule has 110 valence electrons. The normalized spacial score (nSPS) is 19.1. The minimum Gasteiger partial charge on any atom is -0.480 e. The molecule has 1 aromatic rings. The highest BCUT2D eigenvalue weighted by Gasteiger charge is 2.31. The molecule has 2 heterocycles. The molecule has 0 radical (unpaired) electrons. The van der Waals surface area contributed by atoms with E-state index < -0.39 is 12.0 Å². The van der Waals surface area contributed by atoms with Crippen molar-refractivity contribution in [2.75, 3.05) is 12.3 Å². The number of carbonyl (C=O) groups is 2. The van der Waals surface area contributed by atoms with Crippen LogP contribution in [0.2, 0.25) is 4.34 Å². The summed E-state index contributed by atoms with van der Waals surface area (Å²) in [6.45, 7) is 0.557. The van der Waals surface area contributed by atoms with Crippen LogP contribution in [-0.2, 0) is 15.3 Å². The molecule has 7 heteroatoms. The Morgan fingerprint density at radius 1 is 1.45 bits per heavy atom. The van der Waals surface area contributed by atoms with Gasteiger partial charge >= 0.3 is 5.97 Å². The van der Waals surface area contributed by atoms with Gasteiger partial charge in [0.25, 0.3) is 0 Å². The third-order valence-corrected chi connectivity index (χ3v) is 5.59. The second kappa shape index (κ2) is 7.33. The van der Waals surface area contributed by atoms with Gasteiger partial charge in [0.05, 0.1) is 10.1 Å². The molecule has 1 amide bonds. The number of carboxylic acids is 1. The van der Waals surface area contributed by atoms with E-state index in [2.05, 4.69) is 0 Å². The fourth-order valence-corrected chi connectivity index (χ4v) is 4.35.